The fourth-order valence-electron chi connectivity index (χ4n) is 2.91. The van der Waals surface area contributed by atoms with Gasteiger partial charge in [0.15, 0.2) is 0 Å². The van der Waals surface area contributed by atoms with Gasteiger partial charge in [0.2, 0.25) is 0 Å². The third kappa shape index (κ3) is 2.57. The van der Waals surface area contributed by atoms with Crippen molar-refractivity contribution in [1.29, 1.82) is 0 Å². The SMILES string of the molecule is CCc1noc(C)c1C(=O)N[C@@H]1CCc2nc(C)cn2C1. The summed E-state index contributed by atoms with van der Waals surface area (Å²) < 4.78 is 7.26. The van der Waals surface area contributed by atoms with Gasteiger partial charge in [0.1, 0.15) is 17.1 Å². The molecule has 1 aliphatic heterocycles. The Labute approximate surface area is 123 Å². The van der Waals surface area contributed by atoms with E-state index in [0.29, 0.717) is 17.7 Å². The van der Waals surface area contributed by atoms with Crippen LogP contribution in [0.4, 0.5) is 0 Å². The number of nitrogens with one attached hydrogen (secondary N) is 1. The van der Waals surface area contributed by atoms with Crippen LogP contribution in [-0.4, -0.2) is 26.7 Å². The fourth-order valence-corrected chi connectivity index (χ4v) is 2.91. The van der Waals surface area contributed by atoms with Gasteiger partial charge in [-0.1, -0.05) is 12.1 Å². The molecule has 0 saturated carbocycles. The second-order valence-electron chi connectivity index (χ2n) is 5.57. The summed E-state index contributed by atoms with van der Waals surface area (Å²) in [6.07, 6.45) is 4.53. The van der Waals surface area contributed by atoms with E-state index in [-0.39, 0.29) is 11.9 Å². The predicted molar refractivity (Wildman–Crippen MR) is 77.2 cm³/mol. The number of nitrogens with zero attached hydrogens (tertiary/aromatic N) is 3. The first-order chi connectivity index (χ1) is 10.1. The summed E-state index contributed by atoms with van der Waals surface area (Å²) in [6.45, 7) is 6.51. The Morgan fingerprint density at radius 2 is 2.33 bits per heavy atom. The van der Waals surface area contributed by atoms with Gasteiger partial charge in [0.25, 0.3) is 5.91 Å². The first-order valence-electron chi connectivity index (χ1n) is 7.37. The standard InChI is InChI=1S/C15H20N4O2/c1-4-12-14(10(3)21-18-12)15(20)17-11-5-6-13-16-9(2)7-19(13)8-11/h7,11H,4-6,8H2,1-3H3,(H,17,20)/t11-/m1/s1. The molecule has 0 saturated heterocycles. The molecule has 6 heteroatoms. The molecule has 0 aliphatic carbocycles. The molecule has 3 heterocycles. The van der Waals surface area contributed by atoms with Crippen molar-refractivity contribution in [3.63, 3.8) is 0 Å². The summed E-state index contributed by atoms with van der Waals surface area (Å²) >= 11 is 0. The van der Waals surface area contributed by atoms with Crippen LogP contribution in [0.15, 0.2) is 10.7 Å². The van der Waals surface area contributed by atoms with Crippen LogP contribution in [0.5, 0.6) is 0 Å². The number of carbonyl (C=O) groups is 1. The van der Waals surface area contributed by atoms with Gasteiger partial charge in [-0.25, -0.2) is 4.98 Å². The molecule has 1 amide bonds. The molecule has 2 aromatic heterocycles. The van der Waals surface area contributed by atoms with Crippen LogP contribution >= 0.6 is 0 Å². The molecular weight excluding hydrogens is 268 g/mol. The Balaban J connectivity index is 1.73. The fraction of sp³-hybridized carbons (Fsp3) is 0.533. The minimum Gasteiger partial charge on any atom is -0.361 e. The molecule has 0 spiro atoms. The van der Waals surface area contributed by atoms with Gasteiger partial charge in [0, 0.05) is 25.2 Å². The summed E-state index contributed by atoms with van der Waals surface area (Å²) in [6, 6.07) is 0.123. The van der Waals surface area contributed by atoms with Crippen LogP contribution in [0.2, 0.25) is 0 Å². The number of amides is 1. The molecule has 21 heavy (non-hydrogen) atoms. The van der Waals surface area contributed by atoms with E-state index in [1.54, 1.807) is 6.92 Å². The summed E-state index contributed by atoms with van der Waals surface area (Å²) in [7, 11) is 0. The lowest BCUT2D eigenvalue weighted by Gasteiger charge is -2.24. The maximum atomic E-state index is 12.5. The molecule has 1 aliphatic rings. The maximum absolute atomic E-state index is 12.5. The number of hydrogen-bond acceptors (Lipinski definition) is 4. The van der Waals surface area contributed by atoms with Gasteiger partial charge >= 0.3 is 0 Å². The lowest BCUT2D eigenvalue weighted by Crippen LogP contribution is -2.41. The molecule has 1 atom stereocenters. The van der Waals surface area contributed by atoms with Gasteiger partial charge in [-0.15, -0.1) is 0 Å². The number of rotatable bonds is 3. The summed E-state index contributed by atoms with van der Waals surface area (Å²) in [4.78, 5) is 16.9. The van der Waals surface area contributed by atoms with Crippen molar-refractivity contribution >= 4 is 5.91 Å². The quantitative estimate of drug-likeness (QED) is 0.934. The van der Waals surface area contributed by atoms with E-state index in [0.717, 1.165) is 36.6 Å². The molecule has 0 aromatic carbocycles. The van der Waals surface area contributed by atoms with E-state index in [1.807, 2.05) is 20.0 Å². The van der Waals surface area contributed by atoms with Crippen molar-refractivity contribution < 1.29 is 9.32 Å². The van der Waals surface area contributed by atoms with Crippen LogP contribution < -0.4 is 5.32 Å². The number of aryl methyl sites for hydroxylation is 4. The van der Waals surface area contributed by atoms with E-state index >= 15 is 0 Å². The van der Waals surface area contributed by atoms with E-state index in [2.05, 4.69) is 20.0 Å². The molecule has 3 rings (SSSR count). The zero-order chi connectivity index (χ0) is 15.0. The number of aromatic nitrogens is 3. The normalized spacial score (nSPS) is 17.6. The van der Waals surface area contributed by atoms with Gasteiger partial charge < -0.3 is 14.4 Å². The third-order valence-corrected chi connectivity index (χ3v) is 3.94. The van der Waals surface area contributed by atoms with Crippen LogP contribution in [-0.2, 0) is 19.4 Å². The molecule has 1 N–H and O–H groups in total. The van der Waals surface area contributed by atoms with Gasteiger partial charge in [0.05, 0.1) is 11.4 Å². The first-order valence-corrected chi connectivity index (χ1v) is 7.37. The first kappa shape index (κ1) is 13.9. The summed E-state index contributed by atoms with van der Waals surface area (Å²) in [5.74, 6) is 1.60. The molecule has 0 fully saturated rings. The summed E-state index contributed by atoms with van der Waals surface area (Å²) in [5.41, 5.74) is 2.34. The highest BCUT2D eigenvalue weighted by Crippen LogP contribution is 2.18. The Morgan fingerprint density at radius 3 is 3.10 bits per heavy atom. The monoisotopic (exact) mass is 288 g/mol. The van der Waals surface area contributed by atoms with Gasteiger partial charge in [-0.05, 0) is 26.7 Å². The Hall–Kier alpha value is -2.11. The predicted octanol–water partition coefficient (Wildman–Crippen LogP) is 1.80. The molecule has 0 unspecified atom stereocenters. The molecule has 112 valence electrons. The number of carbonyl (C=O) groups excluding carboxylic acids is 1. The molecule has 0 bridgehead atoms. The number of hydrogen-bond donors (Lipinski definition) is 1. The average Bonchev–Trinajstić information content (AvgIpc) is 2.99. The zero-order valence-corrected chi connectivity index (χ0v) is 12.6. The number of imidazole rings is 1. The second kappa shape index (κ2) is 5.35. The molecule has 6 nitrogen and oxygen atoms in total. The Kier molecular flexibility index (Phi) is 3.53. The van der Waals surface area contributed by atoms with Crippen molar-refractivity contribution in [3.8, 4) is 0 Å². The maximum Gasteiger partial charge on any atom is 0.257 e. The molecule has 2 aromatic rings. The van der Waals surface area contributed by atoms with Crippen LogP contribution in [0, 0.1) is 13.8 Å². The van der Waals surface area contributed by atoms with Crippen molar-refractivity contribution in [2.24, 2.45) is 0 Å². The Morgan fingerprint density at radius 1 is 1.52 bits per heavy atom. The van der Waals surface area contributed by atoms with Crippen molar-refractivity contribution in [3.05, 3.63) is 34.7 Å². The third-order valence-electron chi connectivity index (χ3n) is 3.94. The highest BCUT2D eigenvalue weighted by Gasteiger charge is 2.25. The van der Waals surface area contributed by atoms with Crippen LogP contribution in [0.1, 0.15) is 46.7 Å². The Bertz CT molecular complexity index is 671. The molecular formula is C15H20N4O2. The average molecular weight is 288 g/mol. The largest absolute Gasteiger partial charge is 0.361 e. The highest BCUT2D eigenvalue weighted by molar-refractivity contribution is 5.96. The van der Waals surface area contributed by atoms with Gasteiger partial charge in [-0.3, -0.25) is 4.79 Å². The van der Waals surface area contributed by atoms with Crippen LogP contribution in [0.3, 0.4) is 0 Å². The van der Waals surface area contributed by atoms with Gasteiger partial charge in [-0.2, -0.15) is 0 Å². The van der Waals surface area contributed by atoms with E-state index in [1.165, 1.54) is 0 Å². The number of fused-ring (bicyclic) bond motifs is 1. The summed E-state index contributed by atoms with van der Waals surface area (Å²) in [5, 5.41) is 7.04. The van der Waals surface area contributed by atoms with E-state index in [9.17, 15) is 4.79 Å². The smallest absolute Gasteiger partial charge is 0.257 e. The van der Waals surface area contributed by atoms with E-state index < -0.39 is 0 Å². The molecule has 0 radical (unpaired) electrons. The lowest BCUT2D eigenvalue weighted by atomic mass is 10.1. The lowest BCUT2D eigenvalue weighted by molar-refractivity contribution is 0.0925. The zero-order valence-electron chi connectivity index (χ0n) is 12.6. The van der Waals surface area contributed by atoms with Crippen molar-refractivity contribution in [2.75, 3.05) is 0 Å². The van der Waals surface area contributed by atoms with Crippen molar-refractivity contribution in [1.82, 2.24) is 20.0 Å². The van der Waals surface area contributed by atoms with E-state index in [4.69, 9.17) is 4.52 Å². The minimum atomic E-state index is -0.0871. The second-order valence-corrected chi connectivity index (χ2v) is 5.57. The van der Waals surface area contributed by atoms with Crippen molar-refractivity contribution in [2.45, 2.75) is 52.6 Å². The topological polar surface area (TPSA) is 73.0 Å². The minimum absolute atomic E-state index is 0.0871. The van der Waals surface area contributed by atoms with Crippen LogP contribution in [0.25, 0.3) is 0 Å². The highest BCUT2D eigenvalue weighted by atomic mass is 16.5.